The van der Waals surface area contributed by atoms with Crippen molar-refractivity contribution in [3.05, 3.63) is 113 Å². The molecule has 2 nitrogen and oxygen atoms in total. The lowest BCUT2D eigenvalue weighted by Crippen LogP contribution is -2.05. The fourth-order valence-electron chi connectivity index (χ4n) is 3.22. The van der Waals surface area contributed by atoms with E-state index in [0.29, 0.717) is 0 Å². The summed E-state index contributed by atoms with van der Waals surface area (Å²) in [7, 11) is 0. The molecule has 3 heteroatoms. The van der Waals surface area contributed by atoms with Gasteiger partial charge in [0.1, 0.15) is 4.60 Å². The molecule has 0 aliphatic carbocycles. The summed E-state index contributed by atoms with van der Waals surface area (Å²) in [6, 6.07) is 29.6. The highest BCUT2D eigenvalue weighted by Gasteiger charge is 2.12. The van der Waals surface area contributed by atoms with Gasteiger partial charge in [0.25, 0.3) is 0 Å². The van der Waals surface area contributed by atoms with Gasteiger partial charge in [-0.3, -0.25) is 0 Å². The molecule has 1 heterocycles. The Kier molecular flexibility index (Phi) is 4.98. The molecule has 0 atom stereocenters. The lowest BCUT2D eigenvalue weighted by molar-refractivity contribution is 0.753. The molecule has 0 radical (unpaired) electrons. The minimum Gasteiger partial charge on any atom is -0.329 e. The molecule has 1 aromatic heterocycles. The Morgan fingerprint density at radius 2 is 1.42 bits per heavy atom. The quantitative estimate of drug-likeness (QED) is 0.403. The second-order valence-corrected chi connectivity index (χ2v) is 7.05. The van der Waals surface area contributed by atoms with Crippen LogP contribution in [0.4, 0.5) is 0 Å². The van der Waals surface area contributed by atoms with Crippen molar-refractivity contribution in [1.82, 2.24) is 9.55 Å². The van der Waals surface area contributed by atoms with Gasteiger partial charge in [-0.15, -0.1) is 0 Å². The first kappa shape index (κ1) is 16.8. The standard InChI is InChI=1S/C23H19BrN2/c24-23-22(15-18-9-3-1-4-10-18)26(17-25-23)16-20-13-7-8-14-21(20)19-11-5-2-6-12-19/h1-14,17H,15-16H2. The second-order valence-electron chi connectivity index (χ2n) is 6.30. The molecule has 0 saturated heterocycles. The van der Waals surface area contributed by atoms with E-state index >= 15 is 0 Å². The molecule has 0 spiro atoms. The summed E-state index contributed by atoms with van der Waals surface area (Å²) in [6.45, 7) is 0.797. The van der Waals surface area contributed by atoms with E-state index in [9.17, 15) is 0 Å². The number of aromatic nitrogens is 2. The average Bonchev–Trinajstić information content (AvgIpc) is 3.03. The maximum atomic E-state index is 4.49. The second kappa shape index (κ2) is 7.71. The first-order valence-electron chi connectivity index (χ1n) is 8.68. The minimum absolute atomic E-state index is 0.797. The summed E-state index contributed by atoms with van der Waals surface area (Å²) in [5, 5.41) is 0. The third kappa shape index (κ3) is 3.63. The van der Waals surface area contributed by atoms with Gasteiger partial charge in [-0.05, 0) is 38.2 Å². The summed E-state index contributed by atoms with van der Waals surface area (Å²) in [4.78, 5) is 4.49. The Hall–Kier alpha value is -2.65. The topological polar surface area (TPSA) is 17.8 Å². The van der Waals surface area contributed by atoms with Crippen LogP contribution in [0.15, 0.2) is 95.9 Å². The molecular weight excluding hydrogens is 384 g/mol. The molecule has 0 aliphatic rings. The van der Waals surface area contributed by atoms with E-state index in [1.54, 1.807) is 0 Å². The van der Waals surface area contributed by atoms with Crippen LogP contribution in [0.3, 0.4) is 0 Å². The monoisotopic (exact) mass is 402 g/mol. The third-order valence-corrected chi connectivity index (χ3v) is 5.21. The van der Waals surface area contributed by atoms with Crippen molar-refractivity contribution in [2.45, 2.75) is 13.0 Å². The third-order valence-electron chi connectivity index (χ3n) is 4.55. The first-order chi connectivity index (χ1) is 12.8. The summed E-state index contributed by atoms with van der Waals surface area (Å²) in [5.41, 5.74) is 6.28. The molecule has 0 N–H and O–H groups in total. The van der Waals surface area contributed by atoms with E-state index in [1.165, 1.54) is 27.9 Å². The maximum absolute atomic E-state index is 4.49. The highest BCUT2D eigenvalue weighted by molar-refractivity contribution is 9.10. The van der Waals surface area contributed by atoms with Crippen LogP contribution in [0.5, 0.6) is 0 Å². The summed E-state index contributed by atoms with van der Waals surface area (Å²) >= 11 is 3.62. The normalized spacial score (nSPS) is 10.8. The van der Waals surface area contributed by atoms with Crippen molar-refractivity contribution in [2.24, 2.45) is 0 Å². The molecule has 0 unspecified atom stereocenters. The lowest BCUT2D eigenvalue weighted by Gasteiger charge is -2.13. The van der Waals surface area contributed by atoms with Gasteiger partial charge >= 0.3 is 0 Å². The molecule has 4 aromatic rings. The van der Waals surface area contributed by atoms with Crippen molar-refractivity contribution < 1.29 is 0 Å². The van der Waals surface area contributed by atoms with E-state index in [2.05, 4.69) is 104 Å². The summed E-state index contributed by atoms with van der Waals surface area (Å²) < 4.78 is 3.15. The lowest BCUT2D eigenvalue weighted by atomic mass is 9.99. The van der Waals surface area contributed by atoms with Crippen LogP contribution >= 0.6 is 15.9 Å². The maximum Gasteiger partial charge on any atom is 0.127 e. The summed E-state index contributed by atoms with van der Waals surface area (Å²) in [6.07, 6.45) is 2.78. The first-order valence-corrected chi connectivity index (χ1v) is 9.47. The van der Waals surface area contributed by atoms with Crippen LogP contribution in [0.2, 0.25) is 0 Å². The molecule has 0 bridgehead atoms. The Balaban J connectivity index is 1.67. The van der Waals surface area contributed by atoms with Crippen molar-refractivity contribution >= 4 is 15.9 Å². The van der Waals surface area contributed by atoms with Crippen LogP contribution in [0, 0.1) is 0 Å². The van der Waals surface area contributed by atoms with Crippen molar-refractivity contribution in [3.8, 4) is 11.1 Å². The van der Waals surface area contributed by atoms with Gasteiger partial charge in [0.15, 0.2) is 0 Å². The number of benzene rings is 3. The molecule has 26 heavy (non-hydrogen) atoms. The van der Waals surface area contributed by atoms with Crippen molar-refractivity contribution in [1.29, 1.82) is 0 Å². The Labute approximate surface area is 162 Å². The van der Waals surface area contributed by atoms with Gasteiger partial charge in [0.2, 0.25) is 0 Å². The van der Waals surface area contributed by atoms with Gasteiger partial charge < -0.3 is 4.57 Å². The number of rotatable bonds is 5. The smallest absolute Gasteiger partial charge is 0.127 e. The molecule has 3 aromatic carbocycles. The van der Waals surface area contributed by atoms with Crippen LogP contribution in [0.1, 0.15) is 16.8 Å². The zero-order chi connectivity index (χ0) is 17.8. The predicted molar refractivity (Wildman–Crippen MR) is 110 cm³/mol. The Morgan fingerprint density at radius 3 is 2.19 bits per heavy atom. The zero-order valence-electron chi connectivity index (χ0n) is 14.3. The van der Waals surface area contributed by atoms with E-state index in [4.69, 9.17) is 0 Å². The van der Waals surface area contributed by atoms with Crippen molar-refractivity contribution in [2.75, 3.05) is 0 Å². The largest absolute Gasteiger partial charge is 0.329 e. The highest BCUT2D eigenvalue weighted by Crippen LogP contribution is 2.26. The SMILES string of the molecule is Brc1ncn(Cc2ccccc2-c2ccccc2)c1Cc1ccccc1. The minimum atomic E-state index is 0.797. The molecule has 0 saturated carbocycles. The van der Waals surface area contributed by atoms with E-state index < -0.39 is 0 Å². The molecule has 128 valence electrons. The molecule has 0 aliphatic heterocycles. The van der Waals surface area contributed by atoms with Crippen LogP contribution in [-0.2, 0) is 13.0 Å². The number of nitrogens with zero attached hydrogens (tertiary/aromatic N) is 2. The Morgan fingerprint density at radius 1 is 0.769 bits per heavy atom. The number of imidazole rings is 1. The van der Waals surface area contributed by atoms with Gasteiger partial charge in [-0.25, -0.2) is 4.98 Å². The highest BCUT2D eigenvalue weighted by atomic mass is 79.9. The van der Waals surface area contributed by atoms with Gasteiger partial charge in [0.05, 0.1) is 12.0 Å². The molecule has 0 amide bonds. The Bertz CT molecular complexity index is 991. The van der Waals surface area contributed by atoms with E-state index in [1.807, 2.05) is 12.4 Å². The molecular formula is C23H19BrN2. The van der Waals surface area contributed by atoms with Gasteiger partial charge in [-0.2, -0.15) is 0 Å². The summed E-state index contributed by atoms with van der Waals surface area (Å²) in [5.74, 6) is 0. The van der Waals surface area contributed by atoms with Crippen LogP contribution < -0.4 is 0 Å². The fraction of sp³-hybridized carbons (Fsp3) is 0.0870. The van der Waals surface area contributed by atoms with Crippen LogP contribution in [-0.4, -0.2) is 9.55 Å². The average molecular weight is 403 g/mol. The molecule has 0 fully saturated rings. The molecule has 4 rings (SSSR count). The number of hydrogen-bond acceptors (Lipinski definition) is 1. The van der Waals surface area contributed by atoms with E-state index in [0.717, 1.165) is 17.6 Å². The fourth-order valence-corrected chi connectivity index (χ4v) is 3.68. The van der Waals surface area contributed by atoms with Crippen molar-refractivity contribution in [3.63, 3.8) is 0 Å². The van der Waals surface area contributed by atoms with E-state index in [-0.39, 0.29) is 0 Å². The number of hydrogen-bond donors (Lipinski definition) is 0. The predicted octanol–water partition coefficient (Wildman–Crippen LogP) is 5.95. The zero-order valence-corrected chi connectivity index (χ0v) is 15.9. The number of halogens is 1. The van der Waals surface area contributed by atoms with Crippen LogP contribution in [0.25, 0.3) is 11.1 Å². The van der Waals surface area contributed by atoms with Gasteiger partial charge in [0, 0.05) is 13.0 Å². The van der Waals surface area contributed by atoms with Gasteiger partial charge in [-0.1, -0.05) is 84.9 Å².